The zero-order valence-corrected chi connectivity index (χ0v) is 12.3. The molecule has 0 amide bonds. The minimum absolute atomic E-state index is 0.309. The van der Waals surface area contributed by atoms with Gasteiger partial charge in [-0.05, 0) is 54.7 Å². The first-order valence-electron chi connectivity index (χ1n) is 8.04. The Morgan fingerprint density at radius 2 is 1.85 bits per heavy atom. The van der Waals surface area contributed by atoms with Gasteiger partial charge in [-0.3, -0.25) is 11.3 Å². The van der Waals surface area contributed by atoms with Crippen LogP contribution in [0.25, 0.3) is 0 Å². The standard InChI is InChI=1S/C17H26N2O/c1-2-11-20-13-9-7-12(8-10-13)17(19-18)16-14-5-3-4-6-15(14)16/h7-10,14-17,19H,2-6,11,18H2,1H3. The quantitative estimate of drug-likeness (QED) is 0.617. The van der Waals surface area contributed by atoms with Crippen molar-refractivity contribution < 1.29 is 4.74 Å². The number of rotatable bonds is 6. The maximum absolute atomic E-state index is 5.84. The molecule has 3 atom stereocenters. The lowest BCUT2D eigenvalue weighted by Gasteiger charge is -2.17. The average Bonchev–Trinajstić information content (AvgIpc) is 3.22. The number of benzene rings is 1. The highest BCUT2D eigenvalue weighted by molar-refractivity contribution is 5.31. The summed E-state index contributed by atoms with van der Waals surface area (Å²) in [6, 6.07) is 8.78. The molecule has 110 valence electrons. The van der Waals surface area contributed by atoms with E-state index in [2.05, 4.69) is 36.6 Å². The molecular weight excluding hydrogens is 248 g/mol. The van der Waals surface area contributed by atoms with Gasteiger partial charge in [0.25, 0.3) is 0 Å². The van der Waals surface area contributed by atoms with Crippen molar-refractivity contribution in [1.29, 1.82) is 0 Å². The first-order chi connectivity index (χ1) is 9.85. The molecule has 2 aliphatic carbocycles. The van der Waals surface area contributed by atoms with Gasteiger partial charge in [-0.25, -0.2) is 0 Å². The summed E-state index contributed by atoms with van der Waals surface area (Å²) in [5, 5.41) is 0. The number of nitrogens with two attached hydrogens (primary N) is 1. The van der Waals surface area contributed by atoms with Gasteiger partial charge in [-0.15, -0.1) is 0 Å². The van der Waals surface area contributed by atoms with E-state index in [0.717, 1.165) is 36.5 Å². The molecule has 0 saturated heterocycles. The normalized spacial score (nSPS) is 29.6. The van der Waals surface area contributed by atoms with E-state index in [0.29, 0.717) is 6.04 Å². The number of nitrogens with one attached hydrogen (secondary N) is 1. The molecule has 2 saturated carbocycles. The van der Waals surface area contributed by atoms with Gasteiger partial charge < -0.3 is 4.74 Å². The number of hydrogen-bond donors (Lipinski definition) is 2. The summed E-state index contributed by atoms with van der Waals surface area (Å²) in [6.07, 6.45) is 6.63. The van der Waals surface area contributed by atoms with E-state index < -0.39 is 0 Å². The number of fused-ring (bicyclic) bond motifs is 1. The summed E-state index contributed by atoms with van der Waals surface area (Å²) < 4.78 is 5.64. The second-order valence-electron chi connectivity index (χ2n) is 6.25. The summed E-state index contributed by atoms with van der Waals surface area (Å²) in [5.41, 5.74) is 4.36. The van der Waals surface area contributed by atoms with Crippen molar-refractivity contribution >= 4 is 0 Å². The van der Waals surface area contributed by atoms with Crippen molar-refractivity contribution in [3.8, 4) is 5.75 Å². The Balaban J connectivity index is 1.67. The molecule has 0 radical (unpaired) electrons. The van der Waals surface area contributed by atoms with E-state index in [-0.39, 0.29) is 0 Å². The number of ether oxygens (including phenoxy) is 1. The summed E-state index contributed by atoms with van der Waals surface area (Å²) >= 11 is 0. The van der Waals surface area contributed by atoms with Crippen molar-refractivity contribution in [2.75, 3.05) is 6.61 Å². The third-order valence-electron chi connectivity index (χ3n) is 5.00. The smallest absolute Gasteiger partial charge is 0.119 e. The van der Waals surface area contributed by atoms with Crippen molar-refractivity contribution in [1.82, 2.24) is 5.43 Å². The summed E-state index contributed by atoms with van der Waals surface area (Å²) in [7, 11) is 0. The van der Waals surface area contributed by atoms with Gasteiger partial charge >= 0.3 is 0 Å². The Hall–Kier alpha value is -1.06. The molecule has 2 fully saturated rings. The molecular formula is C17H26N2O. The second-order valence-corrected chi connectivity index (χ2v) is 6.25. The number of hydrogen-bond acceptors (Lipinski definition) is 3. The second kappa shape index (κ2) is 6.15. The molecule has 3 rings (SSSR count). The first kappa shape index (κ1) is 13.9. The van der Waals surface area contributed by atoms with Gasteiger partial charge in [0.15, 0.2) is 0 Å². The van der Waals surface area contributed by atoms with E-state index in [4.69, 9.17) is 10.6 Å². The fourth-order valence-electron chi connectivity index (χ4n) is 3.96. The van der Waals surface area contributed by atoms with Crippen LogP contribution >= 0.6 is 0 Å². The highest BCUT2D eigenvalue weighted by atomic mass is 16.5. The van der Waals surface area contributed by atoms with Crippen LogP contribution in [0.2, 0.25) is 0 Å². The highest BCUT2D eigenvalue weighted by Gasteiger charge is 2.54. The molecule has 0 spiro atoms. The highest BCUT2D eigenvalue weighted by Crippen LogP contribution is 2.60. The molecule has 0 bridgehead atoms. The molecule has 2 aliphatic rings. The molecule has 0 heterocycles. The van der Waals surface area contributed by atoms with E-state index >= 15 is 0 Å². The van der Waals surface area contributed by atoms with Crippen LogP contribution in [-0.4, -0.2) is 6.61 Å². The van der Waals surface area contributed by atoms with Crippen LogP contribution in [0.15, 0.2) is 24.3 Å². The van der Waals surface area contributed by atoms with Crippen LogP contribution in [-0.2, 0) is 0 Å². The predicted molar refractivity (Wildman–Crippen MR) is 81.2 cm³/mol. The Morgan fingerprint density at radius 3 is 2.40 bits per heavy atom. The SMILES string of the molecule is CCCOc1ccc(C(NN)C2C3CCCCC32)cc1. The van der Waals surface area contributed by atoms with Crippen molar-refractivity contribution in [3.05, 3.63) is 29.8 Å². The van der Waals surface area contributed by atoms with Gasteiger partial charge in [0.1, 0.15) is 5.75 Å². The van der Waals surface area contributed by atoms with Gasteiger partial charge in [-0.2, -0.15) is 0 Å². The minimum atomic E-state index is 0.309. The van der Waals surface area contributed by atoms with Crippen LogP contribution < -0.4 is 16.0 Å². The molecule has 1 aromatic carbocycles. The van der Waals surface area contributed by atoms with E-state index in [9.17, 15) is 0 Å². The Morgan fingerprint density at radius 1 is 1.20 bits per heavy atom. The van der Waals surface area contributed by atoms with E-state index in [1.165, 1.54) is 31.2 Å². The fourth-order valence-corrected chi connectivity index (χ4v) is 3.96. The average molecular weight is 274 g/mol. The van der Waals surface area contributed by atoms with Crippen LogP contribution in [0, 0.1) is 17.8 Å². The zero-order chi connectivity index (χ0) is 13.9. The van der Waals surface area contributed by atoms with Crippen molar-refractivity contribution in [3.63, 3.8) is 0 Å². The topological polar surface area (TPSA) is 47.3 Å². The lowest BCUT2D eigenvalue weighted by atomic mass is 10.0. The van der Waals surface area contributed by atoms with E-state index in [1.54, 1.807) is 0 Å². The lowest BCUT2D eigenvalue weighted by molar-refractivity contribution is 0.317. The molecule has 20 heavy (non-hydrogen) atoms. The third-order valence-corrected chi connectivity index (χ3v) is 5.00. The summed E-state index contributed by atoms with van der Waals surface area (Å²) in [4.78, 5) is 0. The minimum Gasteiger partial charge on any atom is -0.494 e. The first-order valence-corrected chi connectivity index (χ1v) is 8.04. The molecule has 1 aromatic rings. The molecule has 3 heteroatoms. The van der Waals surface area contributed by atoms with Crippen LogP contribution in [0.1, 0.15) is 50.6 Å². The lowest BCUT2D eigenvalue weighted by Crippen LogP contribution is -2.30. The molecule has 3 N–H and O–H groups in total. The Kier molecular flexibility index (Phi) is 4.27. The third kappa shape index (κ3) is 2.70. The summed E-state index contributed by atoms with van der Waals surface area (Å²) in [6.45, 7) is 2.91. The molecule has 3 nitrogen and oxygen atoms in total. The monoisotopic (exact) mass is 274 g/mol. The van der Waals surface area contributed by atoms with Gasteiger partial charge in [0, 0.05) is 6.04 Å². The number of hydrazine groups is 1. The maximum Gasteiger partial charge on any atom is 0.119 e. The Bertz CT molecular complexity index is 419. The summed E-state index contributed by atoms with van der Waals surface area (Å²) in [5.74, 6) is 9.34. The molecule has 3 unspecified atom stereocenters. The van der Waals surface area contributed by atoms with Crippen LogP contribution in [0.4, 0.5) is 0 Å². The van der Waals surface area contributed by atoms with Crippen LogP contribution in [0.5, 0.6) is 5.75 Å². The van der Waals surface area contributed by atoms with E-state index in [1.807, 2.05) is 0 Å². The molecule has 0 aliphatic heterocycles. The Labute approximate surface area is 121 Å². The molecule has 0 aromatic heterocycles. The van der Waals surface area contributed by atoms with Crippen LogP contribution in [0.3, 0.4) is 0 Å². The van der Waals surface area contributed by atoms with Crippen molar-refractivity contribution in [2.24, 2.45) is 23.6 Å². The maximum atomic E-state index is 5.84. The predicted octanol–water partition coefficient (Wildman–Crippen LogP) is 3.42. The largest absolute Gasteiger partial charge is 0.494 e. The van der Waals surface area contributed by atoms with Gasteiger partial charge in [-0.1, -0.05) is 31.9 Å². The van der Waals surface area contributed by atoms with Gasteiger partial charge in [0.05, 0.1) is 6.61 Å². The van der Waals surface area contributed by atoms with Crippen molar-refractivity contribution in [2.45, 2.75) is 45.1 Å². The van der Waals surface area contributed by atoms with Gasteiger partial charge in [0.2, 0.25) is 0 Å². The zero-order valence-electron chi connectivity index (χ0n) is 12.3. The fraction of sp³-hybridized carbons (Fsp3) is 0.647.